The van der Waals surface area contributed by atoms with Gasteiger partial charge in [0.25, 0.3) is 0 Å². The number of benzene rings is 1. The number of hydrogen-bond acceptors (Lipinski definition) is 3. The zero-order valence-corrected chi connectivity index (χ0v) is 13.4. The molecule has 0 fully saturated rings. The molecule has 1 unspecified atom stereocenters. The molecular weight excluding hydrogens is 262 g/mol. The Hall–Kier alpha value is -1.81. The molecule has 0 aliphatic carbocycles. The smallest absolute Gasteiger partial charge is 0.119 e. The largest absolute Gasteiger partial charge is 0.494 e. The zero-order valence-electron chi connectivity index (χ0n) is 13.4. The van der Waals surface area contributed by atoms with Crippen LogP contribution in [0.1, 0.15) is 43.8 Å². The number of nitrogens with one attached hydrogen (secondary N) is 1. The van der Waals surface area contributed by atoms with Crippen LogP contribution in [0.15, 0.2) is 30.3 Å². The minimum atomic E-state index is 0.136. The Kier molecular flexibility index (Phi) is 5.39. The third kappa shape index (κ3) is 3.64. The molecule has 0 aliphatic heterocycles. The van der Waals surface area contributed by atoms with Crippen molar-refractivity contribution in [1.82, 2.24) is 15.1 Å². The molecule has 0 saturated heterocycles. The van der Waals surface area contributed by atoms with Gasteiger partial charge in [0.05, 0.1) is 24.0 Å². The van der Waals surface area contributed by atoms with E-state index in [4.69, 9.17) is 4.74 Å². The molecule has 4 nitrogen and oxygen atoms in total. The number of ether oxygens (including phenoxy) is 1. The van der Waals surface area contributed by atoms with Crippen molar-refractivity contribution in [1.29, 1.82) is 0 Å². The molecule has 1 aromatic heterocycles. The summed E-state index contributed by atoms with van der Waals surface area (Å²) in [7, 11) is 0. The van der Waals surface area contributed by atoms with Crippen LogP contribution in [0.25, 0.3) is 0 Å². The van der Waals surface area contributed by atoms with Gasteiger partial charge < -0.3 is 10.1 Å². The van der Waals surface area contributed by atoms with E-state index in [1.54, 1.807) is 0 Å². The summed E-state index contributed by atoms with van der Waals surface area (Å²) in [5, 5.41) is 8.12. The second-order valence-electron chi connectivity index (χ2n) is 5.02. The van der Waals surface area contributed by atoms with Crippen molar-refractivity contribution in [2.75, 3.05) is 13.2 Å². The maximum Gasteiger partial charge on any atom is 0.119 e. The molecule has 0 amide bonds. The predicted octanol–water partition coefficient (Wildman–Crippen LogP) is 3.31. The fourth-order valence-electron chi connectivity index (χ4n) is 2.60. The van der Waals surface area contributed by atoms with Crippen LogP contribution in [-0.2, 0) is 6.54 Å². The van der Waals surface area contributed by atoms with Crippen LogP contribution < -0.4 is 10.1 Å². The Morgan fingerprint density at radius 2 is 2.05 bits per heavy atom. The highest BCUT2D eigenvalue weighted by Gasteiger charge is 2.18. The van der Waals surface area contributed by atoms with E-state index >= 15 is 0 Å². The number of aromatic nitrogens is 2. The van der Waals surface area contributed by atoms with E-state index < -0.39 is 0 Å². The summed E-state index contributed by atoms with van der Waals surface area (Å²) in [6.45, 7) is 10.7. The first kappa shape index (κ1) is 15.6. The van der Waals surface area contributed by atoms with E-state index in [0.29, 0.717) is 6.61 Å². The predicted molar refractivity (Wildman–Crippen MR) is 85.8 cm³/mol. The lowest BCUT2D eigenvalue weighted by molar-refractivity contribution is 0.339. The van der Waals surface area contributed by atoms with Crippen LogP contribution in [0.2, 0.25) is 0 Å². The van der Waals surface area contributed by atoms with Gasteiger partial charge in [0, 0.05) is 6.54 Å². The van der Waals surface area contributed by atoms with E-state index in [2.05, 4.69) is 47.1 Å². The van der Waals surface area contributed by atoms with Gasteiger partial charge >= 0.3 is 0 Å². The molecular formula is C17H25N3O. The van der Waals surface area contributed by atoms with Gasteiger partial charge in [0.1, 0.15) is 5.75 Å². The third-order valence-corrected chi connectivity index (χ3v) is 3.44. The number of aryl methyl sites for hydroxylation is 2. The first-order valence-electron chi connectivity index (χ1n) is 7.70. The highest BCUT2D eigenvalue weighted by Crippen LogP contribution is 2.26. The topological polar surface area (TPSA) is 39.1 Å². The van der Waals surface area contributed by atoms with Crippen LogP contribution >= 0.6 is 0 Å². The van der Waals surface area contributed by atoms with Crippen LogP contribution in [0.3, 0.4) is 0 Å². The Bertz CT molecular complexity index is 577. The average molecular weight is 287 g/mol. The van der Waals surface area contributed by atoms with Crippen molar-refractivity contribution in [3.05, 3.63) is 47.3 Å². The van der Waals surface area contributed by atoms with E-state index in [9.17, 15) is 0 Å². The maximum atomic E-state index is 5.62. The van der Waals surface area contributed by atoms with E-state index in [1.165, 1.54) is 11.3 Å². The molecule has 21 heavy (non-hydrogen) atoms. The second-order valence-corrected chi connectivity index (χ2v) is 5.02. The molecule has 4 heteroatoms. The van der Waals surface area contributed by atoms with Crippen molar-refractivity contribution in [3.8, 4) is 5.75 Å². The van der Waals surface area contributed by atoms with E-state index in [1.807, 2.05) is 26.0 Å². The van der Waals surface area contributed by atoms with Crippen molar-refractivity contribution >= 4 is 0 Å². The van der Waals surface area contributed by atoms with Gasteiger partial charge in [0.15, 0.2) is 0 Å². The molecule has 2 rings (SSSR count). The van der Waals surface area contributed by atoms with Gasteiger partial charge in [-0.05, 0) is 51.1 Å². The normalized spacial score (nSPS) is 12.4. The second kappa shape index (κ2) is 7.27. The van der Waals surface area contributed by atoms with Crippen LogP contribution in [0.4, 0.5) is 0 Å². The fraction of sp³-hybridized carbons (Fsp3) is 0.471. The van der Waals surface area contributed by atoms with Gasteiger partial charge in [-0.25, -0.2) is 0 Å². The van der Waals surface area contributed by atoms with Gasteiger partial charge in [-0.15, -0.1) is 0 Å². The number of rotatable bonds is 7. The molecule has 2 aromatic rings. The van der Waals surface area contributed by atoms with E-state index in [0.717, 1.165) is 24.5 Å². The Morgan fingerprint density at radius 1 is 1.24 bits per heavy atom. The molecule has 0 saturated carbocycles. The Labute approximate surface area is 127 Å². The summed E-state index contributed by atoms with van der Waals surface area (Å²) in [4.78, 5) is 0. The highest BCUT2D eigenvalue weighted by molar-refractivity contribution is 5.35. The van der Waals surface area contributed by atoms with Gasteiger partial charge in [-0.1, -0.05) is 19.1 Å². The lowest BCUT2D eigenvalue weighted by atomic mass is 10.0. The van der Waals surface area contributed by atoms with Gasteiger partial charge in [-0.3, -0.25) is 4.68 Å². The molecule has 1 N–H and O–H groups in total. The molecule has 0 bridgehead atoms. The first-order chi connectivity index (χ1) is 10.2. The number of nitrogens with zero attached hydrogens (tertiary/aromatic N) is 2. The lowest BCUT2D eigenvalue weighted by Crippen LogP contribution is -2.24. The summed E-state index contributed by atoms with van der Waals surface area (Å²) in [5.41, 5.74) is 3.46. The molecule has 1 atom stereocenters. The third-order valence-electron chi connectivity index (χ3n) is 3.44. The van der Waals surface area contributed by atoms with Crippen molar-refractivity contribution < 1.29 is 4.74 Å². The van der Waals surface area contributed by atoms with Crippen LogP contribution in [-0.4, -0.2) is 22.9 Å². The van der Waals surface area contributed by atoms with Crippen molar-refractivity contribution in [3.63, 3.8) is 0 Å². The Balaban J connectivity index is 2.40. The summed E-state index contributed by atoms with van der Waals surface area (Å²) < 4.78 is 7.69. The van der Waals surface area contributed by atoms with Gasteiger partial charge in [0.2, 0.25) is 0 Å². The molecule has 114 valence electrons. The lowest BCUT2D eigenvalue weighted by Gasteiger charge is -2.20. The highest BCUT2D eigenvalue weighted by atomic mass is 16.5. The van der Waals surface area contributed by atoms with Crippen LogP contribution in [0.5, 0.6) is 5.75 Å². The molecule has 0 radical (unpaired) electrons. The van der Waals surface area contributed by atoms with Crippen LogP contribution in [0, 0.1) is 6.92 Å². The van der Waals surface area contributed by atoms with Gasteiger partial charge in [-0.2, -0.15) is 5.10 Å². The monoisotopic (exact) mass is 287 g/mol. The molecule has 0 spiro atoms. The molecule has 1 aromatic carbocycles. The average Bonchev–Trinajstić information content (AvgIpc) is 2.86. The molecule has 1 heterocycles. The first-order valence-corrected chi connectivity index (χ1v) is 7.70. The summed E-state index contributed by atoms with van der Waals surface area (Å²) in [5.74, 6) is 0.914. The summed E-state index contributed by atoms with van der Waals surface area (Å²) in [6, 6.07) is 10.6. The quantitative estimate of drug-likeness (QED) is 0.849. The minimum absolute atomic E-state index is 0.136. The van der Waals surface area contributed by atoms with E-state index in [-0.39, 0.29) is 6.04 Å². The zero-order chi connectivity index (χ0) is 15.2. The number of hydrogen-bond donors (Lipinski definition) is 1. The fourth-order valence-corrected chi connectivity index (χ4v) is 2.60. The SMILES string of the molecule is CCNC(c1cccc(OCC)c1)c1cc(C)nn1CC. The van der Waals surface area contributed by atoms with Crippen molar-refractivity contribution in [2.24, 2.45) is 0 Å². The van der Waals surface area contributed by atoms with Crippen molar-refractivity contribution in [2.45, 2.75) is 40.3 Å². The summed E-state index contributed by atoms with van der Waals surface area (Å²) in [6.07, 6.45) is 0. The standard InChI is InChI=1S/C17H25N3O/c1-5-18-17(16-11-13(4)19-20(16)6-2)14-9-8-10-15(12-14)21-7-3/h8-12,17-18H,5-7H2,1-4H3. The minimum Gasteiger partial charge on any atom is -0.494 e. The molecule has 0 aliphatic rings. The summed E-state index contributed by atoms with van der Waals surface area (Å²) >= 11 is 0. The Morgan fingerprint density at radius 3 is 2.71 bits per heavy atom. The maximum absolute atomic E-state index is 5.62.